The van der Waals surface area contributed by atoms with E-state index >= 15 is 0 Å². The monoisotopic (exact) mass is 317 g/mol. The molecule has 126 valence electrons. The Bertz CT molecular complexity index is 679. The van der Waals surface area contributed by atoms with Crippen molar-refractivity contribution in [1.82, 2.24) is 14.5 Å². The summed E-state index contributed by atoms with van der Waals surface area (Å²) in [5.41, 5.74) is 16.5. The van der Waals surface area contributed by atoms with Gasteiger partial charge in [-0.1, -0.05) is 0 Å². The van der Waals surface area contributed by atoms with Crippen LogP contribution in [-0.4, -0.2) is 34.8 Å². The highest BCUT2D eigenvalue weighted by Crippen LogP contribution is 2.31. The van der Waals surface area contributed by atoms with Gasteiger partial charge >= 0.3 is 0 Å². The van der Waals surface area contributed by atoms with Crippen LogP contribution < -0.4 is 11.5 Å². The molecule has 2 aromatic heterocycles. The van der Waals surface area contributed by atoms with Crippen LogP contribution in [0, 0.1) is 0 Å². The molecule has 2 heterocycles. The second-order valence-corrected chi connectivity index (χ2v) is 6.24. The molecule has 4 N–H and O–H groups in total. The van der Waals surface area contributed by atoms with E-state index in [4.69, 9.17) is 21.2 Å². The number of imidazole rings is 1. The number of aromatic nitrogens is 3. The average Bonchev–Trinajstić information content (AvgIpc) is 2.93. The zero-order valence-corrected chi connectivity index (χ0v) is 14.0. The summed E-state index contributed by atoms with van der Waals surface area (Å²) in [7, 11) is 1.72. The first kappa shape index (κ1) is 16.2. The Morgan fingerprint density at radius 1 is 1.17 bits per heavy atom. The van der Waals surface area contributed by atoms with Crippen molar-refractivity contribution in [2.24, 2.45) is 5.73 Å². The molecule has 0 atom stereocenters. The fourth-order valence-corrected chi connectivity index (χ4v) is 3.49. The molecule has 6 heteroatoms. The van der Waals surface area contributed by atoms with Crippen LogP contribution in [0.3, 0.4) is 0 Å². The average molecular weight is 317 g/mol. The number of nitrogens with zero attached hydrogens (tertiary/aromatic N) is 3. The summed E-state index contributed by atoms with van der Waals surface area (Å²) in [6.45, 7) is 2.32. The minimum Gasteiger partial charge on any atom is -0.384 e. The third-order valence-corrected chi connectivity index (χ3v) is 4.63. The maximum Gasteiger partial charge on any atom is 0.151 e. The first-order chi connectivity index (χ1) is 11.3. The summed E-state index contributed by atoms with van der Waals surface area (Å²) < 4.78 is 7.58. The molecule has 0 spiro atoms. The Labute approximate surface area is 137 Å². The molecule has 0 amide bonds. The van der Waals surface area contributed by atoms with E-state index in [1.807, 2.05) is 0 Å². The van der Waals surface area contributed by atoms with Gasteiger partial charge in [0.25, 0.3) is 0 Å². The van der Waals surface area contributed by atoms with Crippen molar-refractivity contribution in [3.8, 4) is 0 Å². The van der Waals surface area contributed by atoms with Gasteiger partial charge in [0.15, 0.2) is 5.82 Å². The van der Waals surface area contributed by atoms with E-state index in [1.165, 1.54) is 29.6 Å². The number of fused-ring (bicyclic) bond motifs is 3. The fourth-order valence-electron chi connectivity index (χ4n) is 3.49. The van der Waals surface area contributed by atoms with Crippen molar-refractivity contribution in [3.63, 3.8) is 0 Å². The normalized spacial score (nSPS) is 14.3. The number of unbranched alkanes of at least 4 members (excludes halogenated alkanes) is 1. The van der Waals surface area contributed by atoms with Gasteiger partial charge in [0, 0.05) is 25.8 Å². The zero-order chi connectivity index (χ0) is 16.2. The lowest BCUT2D eigenvalue weighted by molar-refractivity contribution is 0.199. The predicted molar refractivity (Wildman–Crippen MR) is 92.5 cm³/mol. The lowest BCUT2D eigenvalue weighted by Gasteiger charge is -2.18. The first-order valence-electron chi connectivity index (χ1n) is 8.61. The van der Waals surface area contributed by atoms with Gasteiger partial charge < -0.3 is 20.8 Å². The molecular formula is C17H27N5O. The molecule has 23 heavy (non-hydrogen) atoms. The van der Waals surface area contributed by atoms with Crippen molar-refractivity contribution < 1.29 is 4.74 Å². The van der Waals surface area contributed by atoms with Gasteiger partial charge in [0.05, 0.1) is 12.1 Å². The molecule has 0 saturated heterocycles. The lowest BCUT2D eigenvalue weighted by Crippen LogP contribution is -2.12. The van der Waals surface area contributed by atoms with Crippen LogP contribution >= 0.6 is 0 Å². The quantitative estimate of drug-likeness (QED) is 0.760. The first-order valence-corrected chi connectivity index (χ1v) is 8.61. The predicted octanol–water partition coefficient (Wildman–Crippen LogP) is 1.82. The fraction of sp³-hybridized carbons (Fsp3) is 0.647. The number of anilines is 1. The Kier molecular flexibility index (Phi) is 5.13. The molecule has 1 aliphatic carbocycles. The van der Waals surface area contributed by atoms with Crippen LogP contribution in [0.15, 0.2) is 0 Å². The highest BCUT2D eigenvalue weighted by molar-refractivity contribution is 5.89. The summed E-state index contributed by atoms with van der Waals surface area (Å²) in [6, 6.07) is 0. The van der Waals surface area contributed by atoms with Gasteiger partial charge in [-0.15, -0.1) is 0 Å². The second kappa shape index (κ2) is 7.27. The van der Waals surface area contributed by atoms with Crippen LogP contribution in [-0.2, 0) is 30.5 Å². The number of rotatable bonds is 7. The second-order valence-electron chi connectivity index (χ2n) is 6.24. The summed E-state index contributed by atoms with van der Waals surface area (Å²) in [6.07, 6.45) is 7.38. The van der Waals surface area contributed by atoms with E-state index in [0.29, 0.717) is 12.4 Å². The zero-order valence-electron chi connectivity index (χ0n) is 14.0. The Hall–Kier alpha value is -1.66. The molecule has 0 aliphatic heterocycles. The summed E-state index contributed by atoms with van der Waals surface area (Å²) >= 11 is 0. The summed E-state index contributed by atoms with van der Waals surface area (Å²) in [5.74, 6) is 1.61. The van der Waals surface area contributed by atoms with Crippen LogP contribution in [0.1, 0.15) is 42.8 Å². The third-order valence-electron chi connectivity index (χ3n) is 4.63. The molecule has 0 aromatic carbocycles. The number of methoxy groups -OCH3 is 1. The maximum atomic E-state index is 6.21. The molecular weight excluding hydrogens is 290 g/mol. The number of ether oxygens (including phenoxy) is 1. The van der Waals surface area contributed by atoms with Crippen LogP contribution in [0.5, 0.6) is 0 Å². The van der Waals surface area contributed by atoms with E-state index in [2.05, 4.69) is 9.55 Å². The molecule has 3 rings (SSSR count). The van der Waals surface area contributed by atoms with Gasteiger partial charge in [-0.05, 0) is 50.6 Å². The SMILES string of the molecule is COCCc1nc2c(N)nc3c(c2n1CCCCN)CCCC3. The van der Waals surface area contributed by atoms with Crippen molar-refractivity contribution >= 4 is 16.9 Å². The molecule has 6 nitrogen and oxygen atoms in total. The molecule has 2 aromatic rings. The van der Waals surface area contributed by atoms with Crippen LogP contribution in [0.25, 0.3) is 11.0 Å². The number of nitrogens with two attached hydrogens (primary N) is 2. The van der Waals surface area contributed by atoms with Crippen molar-refractivity contribution in [2.75, 3.05) is 26.0 Å². The van der Waals surface area contributed by atoms with E-state index in [9.17, 15) is 0 Å². The number of aryl methyl sites for hydroxylation is 3. The third kappa shape index (κ3) is 3.19. The minimum atomic E-state index is 0.567. The van der Waals surface area contributed by atoms with Crippen LogP contribution in [0.2, 0.25) is 0 Å². The minimum absolute atomic E-state index is 0.567. The van der Waals surface area contributed by atoms with E-state index in [0.717, 1.165) is 56.5 Å². The number of hydrogen-bond donors (Lipinski definition) is 2. The largest absolute Gasteiger partial charge is 0.384 e. The van der Waals surface area contributed by atoms with Crippen molar-refractivity contribution in [2.45, 2.75) is 51.5 Å². The van der Waals surface area contributed by atoms with Gasteiger partial charge in [0.1, 0.15) is 11.3 Å². The molecule has 0 bridgehead atoms. The maximum absolute atomic E-state index is 6.21. The van der Waals surface area contributed by atoms with Gasteiger partial charge in [-0.25, -0.2) is 9.97 Å². The molecule has 0 unspecified atom stereocenters. The smallest absolute Gasteiger partial charge is 0.151 e. The lowest BCUT2D eigenvalue weighted by atomic mass is 9.95. The van der Waals surface area contributed by atoms with Crippen molar-refractivity contribution in [3.05, 3.63) is 17.1 Å². The molecule has 0 fully saturated rings. The van der Waals surface area contributed by atoms with Gasteiger partial charge in [-0.2, -0.15) is 0 Å². The number of hydrogen-bond acceptors (Lipinski definition) is 5. The Balaban J connectivity index is 2.10. The van der Waals surface area contributed by atoms with E-state index < -0.39 is 0 Å². The van der Waals surface area contributed by atoms with E-state index in [1.54, 1.807) is 7.11 Å². The van der Waals surface area contributed by atoms with Gasteiger partial charge in [0.2, 0.25) is 0 Å². The van der Waals surface area contributed by atoms with Crippen LogP contribution in [0.4, 0.5) is 5.82 Å². The number of nitrogen functional groups attached to an aromatic ring is 1. The molecule has 0 radical (unpaired) electrons. The van der Waals surface area contributed by atoms with Gasteiger partial charge in [-0.3, -0.25) is 0 Å². The summed E-state index contributed by atoms with van der Waals surface area (Å²) in [4.78, 5) is 9.42. The molecule has 0 saturated carbocycles. The van der Waals surface area contributed by atoms with Crippen molar-refractivity contribution in [1.29, 1.82) is 0 Å². The highest BCUT2D eigenvalue weighted by atomic mass is 16.5. The van der Waals surface area contributed by atoms with E-state index in [-0.39, 0.29) is 0 Å². The summed E-state index contributed by atoms with van der Waals surface area (Å²) in [5, 5.41) is 0. The standard InChI is InChI=1S/C17H27N5O/c1-23-11-8-14-21-15-16(22(14)10-5-4-9-18)12-6-2-3-7-13(12)20-17(15)19/h2-11,18H2,1H3,(H2,19,20). The number of pyridine rings is 1. The topological polar surface area (TPSA) is 92.0 Å². The Morgan fingerprint density at radius 3 is 2.78 bits per heavy atom. The highest BCUT2D eigenvalue weighted by Gasteiger charge is 2.22. The molecule has 1 aliphatic rings. The Morgan fingerprint density at radius 2 is 2.00 bits per heavy atom.